The number of carbonyl (C=O) groups excluding carboxylic acids is 2. The van der Waals surface area contributed by atoms with E-state index >= 15 is 0 Å². The third-order valence-electron chi connectivity index (χ3n) is 4.13. The van der Waals surface area contributed by atoms with Gasteiger partial charge in [0.2, 0.25) is 5.91 Å². The molecule has 0 radical (unpaired) electrons. The van der Waals surface area contributed by atoms with Crippen LogP contribution in [0, 0.1) is 0 Å². The van der Waals surface area contributed by atoms with Gasteiger partial charge in [-0.15, -0.1) is 0 Å². The standard InChI is InChI=1S/C19H21N3O3/c1-2-25-19(24)15-7-10-17(21-11-15)22(16-8-9-16)12-13-3-5-14(6-4-13)18(20)23/h3-7,10-11,16H,2,8-9,12H2,1H3,(H2,20,23). The summed E-state index contributed by atoms with van der Waals surface area (Å²) in [5.74, 6) is 0.0397. The maximum atomic E-state index is 11.7. The third kappa shape index (κ3) is 4.15. The molecular formula is C19H21N3O3. The molecule has 1 heterocycles. The van der Waals surface area contributed by atoms with E-state index in [4.69, 9.17) is 10.5 Å². The first-order valence-electron chi connectivity index (χ1n) is 8.37. The Morgan fingerprint density at radius 1 is 1.16 bits per heavy atom. The Morgan fingerprint density at radius 3 is 2.36 bits per heavy atom. The molecule has 3 rings (SSSR count). The Morgan fingerprint density at radius 2 is 1.84 bits per heavy atom. The monoisotopic (exact) mass is 339 g/mol. The summed E-state index contributed by atoms with van der Waals surface area (Å²) in [6.07, 6.45) is 3.81. The van der Waals surface area contributed by atoms with E-state index in [0.717, 1.165) is 24.2 Å². The average Bonchev–Trinajstić information content (AvgIpc) is 3.45. The fourth-order valence-corrected chi connectivity index (χ4v) is 2.65. The molecule has 1 aromatic carbocycles. The van der Waals surface area contributed by atoms with Gasteiger partial charge in [0.05, 0.1) is 12.2 Å². The van der Waals surface area contributed by atoms with Gasteiger partial charge in [-0.05, 0) is 49.6 Å². The molecule has 0 saturated heterocycles. The molecule has 25 heavy (non-hydrogen) atoms. The Kier molecular flexibility index (Phi) is 4.97. The van der Waals surface area contributed by atoms with Crippen molar-refractivity contribution in [1.29, 1.82) is 0 Å². The van der Waals surface area contributed by atoms with Crippen LogP contribution >= 0.6 is 0 Å². The molecule has 130 valence electrons. The third-order valence-corrected chi connectivity index (χ3v) is 4.13. The molecule has 1 aromatic heterocycles. The van der Waals surface area contributed by atoms with Gasteiger partial charge in [-0.3, -0.25) is 4.79 Å². The maximum absolute atomic E-state index is 11.7. The van der Waals surface area contributed by atoms with Gasteiger partial charge in [-0.2, -0.15) is 0 Å². The number of hydrogen-bond donors (Lipinski definition) is 1. The molecule has 1 fully saturated rings. The summed E-state index contributed by atoms with van der Waals surface area (Å²) in [5, 5.41) is 0. The molecule has 1 amide bonds. The van der Waals surface area contributed by atoms with Crippen LogP contribution in [-0.2, 0) is 11.3 Å². The molecule has 1 aliphatic rings. The number of nitrogens with zero attached hydrogens (tertiary/aromatic N) is 2. The lowest BCUT2D eigenvalue weighted by Gasteiger charge is -2.24. The molecule has 1 saturated carbocycles. The largest absolute Gasteiger partial charge is 0.462 e. The number of benzene rings is 1. The topological polar surface area (TPSA) is 85.5 Å². The zero-order chi connectivity index (χ0) is 17.8. The van der Waals surface area contributed by atoms with Gasteiger partial charge in [-0.1, -0.05) is 12.1 Å². The lowest BCUT2D eigenvalue weighted by molar-refractivity contribution is 0.0525. The Bertz CT molecular complexity index is 752. The number of amides is 1. The average molecular weight is 339 g/mol. The first kappa shape index (κ1) is 17.0. The number of hydrogen-bond acceptors (Lipinski definition) is 5. The van der Waals surface area contributed by atoms with Crippen LogP contribution in [0.25, 0.3) is 0 Å². The lowest BCUT2D eigenvalue weighted by atomic mass is 10.1. The quantitative estimate of drug-likeness (QED) is 0.784. The van der Waals surface area contributed by atoms with Gasteiger partial charge in [0.15, 0.2) is 0 Å². The van der Waals surface area contributed by atoms with Gasteiger partial charge in [0.25, 0.3) is 0 Å². The molecular weight excluding hydrogens is 318 g/mol. The summed E-state index contributed by atoms with van der Waals surface area (Å²) in [6, 6.07) is 11.3. The summed E-state index contributed by atoms with van der Waals surface area (Å²) in [6.45, 7) is 2.81. The smallest absolute Gasteiger partial charge is 0.339 e. The summed E-state index contributed by atoms with van der Waals surface area (Å²) < 4.78 is 4.98. The van der Waals surface area contributed by atoms with Crippen molar-refractivity contribution in [3.63, 3.8) is 0 Å². The second kappa shape index (κ2) is 7.34. The van der Waals surface area contributed by atoms with Gasteiger partial charge in [0.1, 0.15) is 5.82 Å². The van der Waals surface area contributed by atoms with Crippen molar-refractivity contribution in [3.8, 4) is 0 Å². The first-order valence-corrected chi connectivity index (χ1v) is 8.37. The SMILES string of the molecule is CCOC(=O)c1ccc(N(Cc2ccc(C(N)=O)cc2)C2CC2)nc1. The van der Waals surface area contributed by atoms with E-state index in [9.17, 15) is 9.59 Å². The van der Waals surface area contributed by atoms with Crippen molar-refractivity contribution in [3.05, 3.63) is 59.3 Å². The summed E-state index contributed by atoms with van der Waals surface area (Å²) in [7, 11) is 0. The second-order valence-corrected chi connectivity index (χ2v) is 6.05. The van der Waals surface area contributed by atoms with Crippen molar-refractivity contribution in [2.45, 2.75) is 32.4 Å². The number of aromatic nitrogens is 1. The van der Waals surface area contributed by atoms with E-state index in [1.807, 2.05) is 18.2 Å². The van der Waals surface area contributed by atoms with Crippen molar-refractivity contribution < 1.29 is 14.3 Å². The van der Waals surface area contributed by atoms with E-state index in [2.05, 4.69) is 9.88 Å². The van der Waals surface area contributed by atoms with Gasteiger partial charge in [0, 0.05) is 24.3 Å². The number of nitrogens with two attached hydrogens (primary N) is 1. The highest BCUT2D eigenvalue weighted by Gasteiger charge is 2.30. The van der Waals surface area contributed by atoms with E-state index in [1.54, 1.807) is 31.3 Å². The zero-order valence-electron chi connectivity index (χ0n) is 14.1. The highest BCUT2D eigenvalue weighted by Crippen LogP contribution is 2.32. The molecule has 2 N–H and O–H groups in total. The van der Waals surface area contributed by atoms with Crippen LogP contribution in [0.15, 0.2) is 42.6 Å². The molecule has 0 unspecified atom stereocenters. The van der Waals surface area contributed by atoms with E-state index < -0.39 is 5.91 Å². The predicted octanol–water partition coefficient (Wildman–Crippen LogP) is 2.53. The summed E-state index contributed by atoms with van der Waals surface area (Å²) in [5.41, 5.74) is 7.30. The number of esters is 1. The summed E-state index contributed by atoms with van der Waals surface area (Å²) in [4.78, 5) is 29.6. The number of carbonyl (C=O) groups is 2. The highest BCUT2D eigenvalue weighted by molar-refractivity contribution is 5.92. The highest BCUT2D eigenvalue weighted by atomic mass is 16.5. The fraction of sp³-hybridized carbons (Fsp3) is 0.316. The van der Waals surface area contributed by atoms with Crippen molar-refractivity contribution in [2.75, 3.05) is 11.5 Å². The molecule has 1 aliphatic carbocycles. The molecule has 0 bridgehead atoms. The van der Waals surface area contributed by atoms with E-state index in [-0.39, 0.29) is 5.97 Å². The maximum Gasteiger partial charge on any atom is 0.339 e. The van der Waals surface area contributed by atoms with Crippen LogP contribution in [-0.4, -0.2) is 29.5 Å². The van der Waals surface area contributed by atoms with Crippen LogP contribution in [0.4, 0.5) is 5.82 Å². The minimum Gasteiger partial charge on any atom is -0.462 e. The number of anilines is 1. The van der Waals surface area contributed by atoms with Crippen LogP contribution in [0.3, 0.4) is 0 Å². The fourth-order valence-electron chi connectivity index (χ4n) is 2.65. The van der Waals surface area contributed by atoms with Crippen molar-refractivity contribution in [1.82, 2.24) is 4.98 Å². The first-order chi connectivity index (χ1) is 12.1. The minimum absolute atomic E-state index is 0.343. The van der Waals surface area contributed by atoms with Crippen LogP contribution in [0.5, 0.6) is 0 Å². The van der Waals surface area contributed by atoms with Gasteiger partial charge < -0.3 is 15.4 Å². The molecule has 6 heteroatoms. The van der Waals surface area contributed by atoms with Gasteiger partial charge in [-0.25, -0.2) is 9.78 Å². The number of rotatable bonds is 7. The molecule has 0 atom stereocenters. The van der Waals surface area contributed by atoms with Crippen molar-refractivity contribution in [2.24, 2.45) is 5.73 Å². The Balaban J connectivity index is 1.75. The number of ether oxygens (including phenoxy) is 1. The van der Waals surface area contributed by atoms with Crippen LogP contribution < -0.4 is 10.6 Å². The van der Waals surface area contributed by atoms with E-state index in [1.165, 1.54) is 0 Å². The molecule has 6 nitrogen and oxygen atoms in total. The molecule has 0 spiro atoms. The van der Waals surface area contributed by atoms with Crippen LogP contribution in [0.2, 0.25) is 0 Å². The number of pyridine rings is 1. The molecule has 0 aliphatic heterocycles. The van der Waals surface area contributed by atoms with Crippen LogP contribution in [0.1, 0.15) is 46.0 Å². The van der Waals surface area contributed by atoms with E-state index in [0.29, 0.717) is 30.3 Å². The zero-order valence-corrected chi connectivity index (χ0v) is 14.1. The molecule has 2 aromatic rings. The summed E-state index contributed by atoms with van der Waals surface area (Å²) >= 11 is 0. The number of primary amides is 1. The Hall–Kier alpha value is -2.89. The second-order valence-electron chi connectivity index (χ2n) is 6.05. The normalized spacial score (nSPS) is 13.3. The van der Waals surface area contributed by atoms with Crippen molar-refractivity contribution >= 4 is 17.7 Å². The Labute approximate surface area is 146 Å². The predicted molar refractivity (Wildman–Crippen MR) is 94.4 cm³/mol. The van der Waals surface area contributed by atoms with Gasteiger partial charge >= 0.3 is 5.97 Å². The minimum atomic E-state index is -0.429. The lowest BCUT2D eigenvalue weighted by Crippen LogP contribution is -2.26.